The maximum atomic E-state index is 13.4. The molecule has 1 aliphatic rings. The van der Waals surface area contributed by atoms with Gasteiger partial charge in [0.1, 0.15) is 19.1 Å². The highest BCUT2D eigenvalue weighted by Gasteiger charge is 2.36. The Morgan fingerprint density at radius 3 is 2.48 bits per heavy atom. The number of rotatable bonds is 9. The number of carbonyl (C=O) groups excluding carboxylic acids is 2. The van der Waals surface area contributed by atoms with Gasteiger partial charge in [-0.25, -0.2) is 4.79 Å². The summed E-state index contributed by atoms with van der Waals surface area (Å²) >= 11 is 0. The number of alkyl halides is 3. The summed E-state index contributed by atoms with van der Waals surface area (Å²) in [7, 11) is 4.69. The highest BCUT2D eigenvalue weighted by Crippen LogP contribution is 2.37. The minimum atomic E-state index is -4.51. The van der Waals surface area contributed by atoms with Crippen LogP contribution in [0, 0.1) is 6.92 Å². The third-order valence-corrected chi connectivity index (χ3v) is 6.49. The van der Waals surface area contributed by atoms with Crippen molar-refractivity contribution in [1.82, 2.24) is 4.90 Å². The Hall–Kier alpha value is -4.15. The Morgan fingerprint density at radius 2 is 1.80 bits per heavy atom. The van der Waals surface area contributed by atoms with E-state index in [0.717, 1.165) is 17.6 Å². The van der Waals surface area contributed by atoms with Gasteiger partial charge in [0.05, 0.1) is 39.3 Å². The van der Waals surface area contributed by atoms with Gasteiger partial charge < -0.3 is 18.9 Å². The molecule has 0 aromatic heterocycles. The second-order valence-electron chi connectivity index (χ2n) is 9.38. The number of ether oxygens (including phenoxy) is 4. The van der Waals surface area contributed by atoms with Crippen molar-refractivity contribution < 1.29 is 41.7 Å². The molecule has 209 valence electrons. The predicted octanol–water partition coefficient (Wildman–Crippen LogP) is 5.60. The first-order chi connectivity index (χ1) is 19.0. The summed E-state index contributed by atoms with van der Waals surface area (Å²) in [5.41, 5.74) is 2.10. The molecule has 0 unspecified atom stereocenters. The molecule has 1 amide bonds. The Morgan fingerprint density at radius 1 is 1.05 bits per heavy atom. The van der Waals surface area contributed by atoms with Crippen LogP contribution in [-0.2, 0) is 33.4 Å². The van der Waals surface area contributed by atoms with Crippen LogP contribution in [0.1, 0.15) is 33.9 Å². The van der Waals surface area contributed by atoms with Crippen molar-refractivity contribution in [1.29, 1.82) is 0 Å². The van der Waals surface area contributed by atoms with Gasteiger partial charge in [0, 0.05) is 5.56 Å². The first-order valence-corrected chi connectivity index (χ1v) is 12.5. The zero-order valence-corrected chi connectivity index (χ0v) is 22.5. The predicted molar refractivity (Wildman–Crippen MR) is 142 cm³/mol. The number of hydrogen-bond acceptors (Lipinski definition) is 6. The standard InChI is InChI=1S/C29H28BF3NO6/c1-17-9-19(13-21(10-17)29(31,32)33)26-16-34(28(36)40-26)15-20-14-22(30-2)6-8-23(20)39-25-11-18(12-27(35)38-4)5-7-24(25)37-3/h5-11,13-14,26H,12,15-16H2,1-4H3/t26-/m1/s1. The normalized spacial score (nSPS) is 15.0. The van der Waals surface area contributed by atoms with Gasteiger partial charge in [-0.05, 0) is 48.4 Å². The van der Waals surface area contributed by atoms with Crippen LogP contribution in [0.15, 0.2) is 54.6 Å². The summed E-state index contributed by atoms with van der Waals surface area (Å²) in [5.74, 6) is 0.828. The molecular formula is C29H28BF3NO6. The van der Waals surface area contributed by atoms with Crippen molar-refractivity contribution in [2.24, 2.45) is 0 Å². The van der Waals surface area contributed by atoms with Crippen LogP contribution in [0.3, 0.4) is 0 Å². The number of aryl methyl sites for hydroxylation is 1. The largest absolute Gasteiger partial charge is 0.493 e. The third kappa shape index (κ3) is 6.70. The molecule has 1 fully saturated rings. The fourth-order valence-corrected chi connectivity index (χ4v) is 4.45. The van der Waals surface area contributed by atoms with Crippen LogP contribution in [-0.4, -0.2) is 45.0 Å². The van der Waals surface area contributed by atoms with Gasteiger partial charge in [0.2, 0.25) is 0 Å². The second-order valence-corrected chi connectivity index (χ2v) is 9.38. The molecule has 4 rings (SSSR count). The van der Waals surface area contributed by atoms with E-state index in [1.807, 2.05) is 26.2 Å². The molecular weight excluding hydrogens is 526 g/mol. The molecule has 0 N–H and O–H groups in total. The van der Waals surface area contributed by atoms with Crippen molar-refractivity contribution in [2.45, 2.75) is 39.0 Å². The lowest BCUT2D eigenvalue weighted by atomic mass is 9.73. The maximum Gasteiger partial charge on any atom is 0.416 e. The highest BCUT2D eigenvalue weighted by atomic mass is 19.4. The molecule has 1 aliphatic heterocycles. The Labute approximate surface area is 231 Å². The third-order valence-electron chi connectivity index (χ3n) is 6.49. The Bertz CT molecular complexity index is 1410. The maximum absolute atomic E-state index is 13.4. The van der Waals surface area contributed by atoms with Crippen molar-refractivity contribution >= 4 is 24.8 Å². The minimum absolute atomic E-state index is 0.0451. The molecule has 11 heteroatoms. The smallest absolute Gasteiger partial charge is 0.416 e. The van der Waals surface area contributed by atoms with Crippen molar-refractivity contribution in [3.63, 3.8) is 0 Å². The molecule has 0 aliphatic carbocycles. The average Bonchev–Trinajstić information content (AvgIpc) is 3.28. The van der Waals surface area contributed by atoms with Gasteiger partial charge in [-0.15, -0.1) is 0 Å². The molecule has 7 nitrogen and oxygen atoms in total. The molecule has 0 spiro atoms. The number of cyclic esters (lactones) is 1. The fourth-order valence-electron chi connectivity index (χ4n) is 4.45. The fraction of sp³-hybridized carbons (Fsp3) is 0.310. The van der Waals surface area contributed by atoms with Crippen LogP contribution < -0.4 is 14.9 Å². The van der Waals surface area contributed by atoms with Gasteiger partial charge in [-0.1, -0.05) is 42.1 Å². The van der Waals surface area contributed by atoms with Crippen molar-refractivity contribution in [3.8, 4) is 17.2 Å². The molecule has 0 saturated carbocycles. The van der Waals surface area contributed by atoms with Gasteiger partial charge in [0.15, 0.2) is 11.5 Å². The van der Waals surface area contributed by atoms with Crippen molar-refractivity contribution in [2.75, 3.05) is 20.8 Å². The van der Waals surface area contributed by atoms with E-state index in [1.165, 1.54) is 19.1 Å². The number of carbonyl (C=O) groups is 2. The summed E-state index contributed by atoms with van der Waals surface area (Å²) in [6, 6.07) is 14.2. The van der Waals surface area contributed by atoms with E-state index < -0.39 is 29.9 Å². The molecule has 1 radical (unpaired) electrons. The van der Waals surface area contributed by atoms with E-state index in [0.29, 0.717) is 33.9 Å². The summed E-state index contributed by atoms with van der Waals surface area (Å²) in [4.78, 5) is 26.0. The molecule has 3 aromatic rings. The molecule has 0 bridgehead atoms. The highest BCUT2D eigenvalue weighted by molar-refractivity contribution is 6.51. The zero-order chi connectivity index (χ0) is 29.0. The van der Waals surface area contributed by atoms with Crippen LogP contribution in [0.4, 0.5) is 18.0 Å². The SMILES string of the molecule is C[B]c1ccc(Oc2cc(CC(=O)OC)ccc2OC)c(CN2C[C@H](c3cc(C)cc(C(F)(F)F)c3)OC2=O)c1. The van der Waals surface area contributed by atoms with E-state index in [2.05, 4.69) is 0 Å². The van der Waals surface area contributed by atoms with Gasteiger partial charge in [0.25, 0.3) is 0 Å². The van der Waals surface area contributed by atoms with E-state index in [9.17, 15) is 22.8 Å². The van der Waals surface area contributed by atoms with Crippen molar-refractivity contribution in [3.05, 3.63) is 82.4 Å². The second kappa shape index (κ2) is 11.9. The zero-order valence-electron chi connectivity index (χ0n) is 22.5. The number of amides is 1. The first kappa shape index (κ1) is 28.9. The number of methoxy groups -OCH3 is 2. The van der Waals surface area contributed by atoms with Gasteiger partial charge >= 0.3 is 18.2 Å². The number of esters is 1. The summed E-state index contributed by atoms with van der Waals surface area (Å²) in [6.07, 6.45) is -5.96. The van der Waals surface area contributed by atoms with E-state index in [4.69, 9.17) is 18.9 Å². The lowest BCUT2D eigenvalue weighted by Crippen LogP contribution is -2.25. The van der Waals surface area contributed by atoms with E-state index in [1.54, 1.807) is 37.3 Å². The summed E-state index contributed by atoms with van der Waals surface area (Å²) in [5, 5.41) is 0. The first-order valence-electron chi connectivity index (χ1n) is 12.5. The minimum Gasteiger partial charge on any atom is -0.493 e. The number of benzene rings is 3. The van der Waals surface area contributed by atoms with E-state index >= 15 is 0 Å². The number of hydrogen-bond donors (Lipinski definition) is 0. The molecule has 40 heavy (non-hydrogen) atoms. The Balaban J connectivity index is 1.60. The number of halogens is 3. The monoisotopic (exact) mass is 554 g/mol. The lowest BCUT2D eigenvalue weighted by molar-refractivity contribution is -0.140. The van der Waals surface area contributed by atoms with Crippen LogP contribution in [0.2, 0.25) is 6.82 Å². The molecule has 3 aromatic carbocycles. The lowest BCUT2D eigenvalue weighted by Gasteiger charge is -2.19. The topological polar surface area (TPSA) is 74.3 Å². The molecule has 1 atom stereocenters. The molecule has 1 heterocycles. The van der Waals surface area contributed by atoms with Gasteiger partial charge in [-0.2, -0.15) is 13.2 Å². The Kier molecular flexibility index (Phi) is 8.61. The summed E-state index contributed by atoms with van der Waals surface area (Å²) in [6.45, 7) is 3.60. The summed E-state index contributed by atoms with van der Waals surface area (Å²) < 4.78 is 62.0. The van der Waals surface area contributed by atoms with Crippen LogP contribution in [0.5, 0.6) is 17.2 Å². The van der Waals surface area contributed by atoms with Crippen LogP contribution >= 0.6 is 0 Å². The van der Waals surface area contributed by atoms with Gasteiger partial charge in [-0.3, -0.25) is 9.69 Å². The average molecular weight is 554 g/mol. The number of nitrogens with zero attached hydrogens (tertiary/aromatic N) is 1. The van der Waals surface area contributed by atoms with Crippen LogP contribution in [0.25, 0.3) is 0 Å². The van der Waals surface area contributed by atoms with E-state index in [-0.39, 0.29) is 25.1 Å². The molecule has 1 saturated heterocycles. The quantitative estimate of drug-likeness (QED) is 0.253.